The normalized spacial score (nSPS) is 12.9. The predicted molar refractivity (Wildman–Crippen MR) is 86.2 cm³/mol. The molecule has 0 saturated heterocycles. The standard InChI is InChI=1S/C13H25N3O3S2/c1-10-12(11(2)16(15-10)7-6-8-17)21(18,19)14-9-13(3,4)20-5/h14,17H,6-9H2,1-5H3. The number of hydrogen-bond donors (Lipinski definition) is 2. The summed E-state index contributed by atoms with van der Waals surface area (Å²) < 4.78 is 29.1. The minimum absolute atomic E-state index is 0.0561. The summed E-state index contributed by atoms with van der Waals surface area (Å²) in [6, 6.07) is 0. The maximum Gasteiger partial charge on any atom is 0.244 e. The molecule has 0 amide bonds. The van der Waals surface area contributed by atoms with Crippen LogP contribution in [0.4, 0.5) is 0 Å². The molecule has 0 aliphatic carbocycles. The lowest BCUT2D eigenvalue weighted by molar-refractivity contribution is 0.276. The zero-order valence-corrected chi connectivity index (χ0v) is 14.9. The van der Waals surface area contributed by atoms with Crippen LogP contribution >= 0.6 is 11.8 Å². The van der Waals surface area contributed by atoms with Gasteiger partial charge < -0.3 is 5.11 Å². The number of aromatic nitrogens is 2. The largest absolute Gasteiger partial charge is 0.396 e. The second kappa shape index (κ2) is 7.13. The van der Waals surface area contributed by atoms with Crippen LogP contribution < -0.4 is 4.72 Å². The summed E-state index contributed by atoms with van der Waals surface area (Å²) >= 11 is 1.61. The van der Waals surface area contributed by atoms with E-state index in [2.05, 4.69) is 9.82 Å². The monoisotopic (exact) mass is 335 g/mol. The molecule has 0 aromatic carbocycles. The van der Waals surface area contributed by atoms with Gasteiger partial charge in [0.1, 0.15) is 4.90 Å². The van der Waals surface area contributed by atoms with Gasteiger partial charge in [-0.3, -0.25) is 4.68 Å². The van der Waals surface area contributed by atoms with Crippen molar-refractivity contribution in [3.63, 3.8) is 0 Å². The van der Waals surface area contributed by atoms with Gasteiger partial charge in [-0.2, -0.15) is 16.9 Å². The second-order valence-electron chi connectivity index (χ2n) is 5.59. The van der Waals surface area contributed by atoms with Gasteiger partial charge in [-0.1, -0.05) is 0 Å². The average Bonchev–Trinajstić information content (AvgIpc) is 2.69. The number of rotatable bonds is 8. The minimum Gasteiger partial charge on any atom is -0.396 e. The molecule has 0 atom stereocenters. The number of thioether (sulfide) groups is 1. The van der Waals surface area contributed by atoms with Gasteiger partial charge in [-0.05, 0) is 40.4 Å². The average molecular weight is 335 g/mol. The van der Waals surface area contributed by atoms with Crippen LogP contribution in [-0.4, -0.2) is 47.5 Å². The first-order valence-corrected chi connectivity index (χ1v) is 9.55. The fraction of sp³-hybridized carbons (Fsp3) is 0.769. The zero-order valence-electron chi connectivity index (χ0n) is 13.3. The lowest BCUT2D eigenvalue weighted by Crippen LogP contribution is -2.36. The van der Waals surface area contributed by atoms with E-state index >= 15 is 0 Å². The van der Waals surface area contributed by atoms with Crippen molar-refractivity contribution in [2.24, 2.45) is 0 Å². The first-order valence-electron chi connectivity index (χ1n) is 6.84. The van der Waals surface area contributed by atoms with E-state index in [1.54, 1.807) is 30.3 Å². The molecule has 0 spiro atoms. The van der Waals surface area contributed by atoms with E-state index in [1.807, 2.05) is 20.1 Å². The third-order valence-electron chi connectivity index (χ3n) is 3.35. The third kappa shape index (κ3) is 4.70. The van der Waals surface area contributed by atoms with E-state index in [0.717, 1.165) is 0 Å². The molecule has 0 radical (unpaired) electrons. The zero-order chi connectivity index (χ0) is 16.3. The summed E-state index contributed by atoms with van der Waals surface area (Å²) in [5, 5.41) is 13.1. The van der Waals surface area contributed by atoms with Crippen LogP contribution in [0, 0.1) is 13.8 Å². The van der Waals surface area contributed by atoms with Crippen molar-refractivity contribution in [1.82, 2.24) is 14.5 Å². The molecule has 8 heteroatoms. The molecular formula is C13H25N3O3S2. The minimum atomic E-state index is -3.58. The van der Waals surface area contributed by atoms with E-state index < -0.39 is 10.0 Å². The lowest BCUT2D eigenvalue weighted by atomic mass is 10.2. The molecule has 1 aromatic heterocycles. The van der Waals surface area contributed by atoms with Crippen LogP contribution in [0.25, 0.3) is 0 Å². The number of aliphatic hydroxyl groups excluding tert-OH is 1. The topological polar surface area (TPSA) is 84.2 Å². The van der Waals surface area contributed by atoms with Crippen LogP contribution in [0.1, 0.15) is 31.7 Å². The van der Waals surface area contributed by atoms with Gasteiger partial charge in [0.2, 0.25) is 10.0 Å². The number of nitrogens with zero attached hydrogens (tertiary/aromatic N) is 2. The number of aryl methyl sites for hydroxylation is 2. The summed E-state index contributed by atoms with van der Waals surface area (Å²) in [5.74, 6) is 0. The predicted octanol–water partition coefficient (Wildman–Crippen LogP) is 1.30. The summed E-state index contributed by atoms with van der Waals surface area (Å²) in [6.45, 7) is 8.34. The van der Waals surface area contributed by atoms with E-state index in [9.17, 15) is 8.42 Å². The van der Waals surface area contributed by atoms with E-state index in [1.165, 1.54) is 0 Å². The Labute approximate surface area is 131 Å². The van der Waals surface area contributed by atoms with Crippen LogP contribution in [0.5, 0.6) is 0 Å². The Kier molecular flexibility index (Phi) is 6.27. The molecule has 21 heavy (non-hydrogen) atoms. The van der Waals surface area contributed by atoms with Gasteiger partial charge in [0.15, 0.2) is 0 Å². The highest BCUT2D eigenvalue weighted by atomic mass is 32.2. The van der Waals surface area contributed by atoms with Crippen molar-refractivity contribution in [3.8, 4) is 0 Å². The maximum absolute atomic E-state index is 12.5. The van der Waals surface area contributed by atoms with Crippen molar-refractivity contribution in [2.45, 2.75) is 50.3 Å². The third-order valence-corrected chi connectivity index (χ3v) is 6.25. The molecule has 0 saturated carbocycles. The van der Waals surface area contributed by atoms with Gasteiger partial charge >= 0.3 is 0 Å². The molecule has 0 aliphatic heterocycles. The van der Waals surface area contributed by atoms with Crippen molar-refractivity contribution in [3.05, 3.63) is 11.4 Å². The Hall–Kier alpha value is -0.570. The van der Waals surface area contributed by atoms with E-state index in [0.29, 0.717) is 30.9 Å². The van der Waals surface area contributed by atoms with Crippen LogP contribution in [0.15, 0.2) is 4.90 Å². The molecule has 6 nitrogen and oxygen atoms in total. The summed E-state index contributed by atoms with van der Waals surface area (Å²) in [6.07, 6.45) is 2.51. The van der Waals surface area contributed by atoms with Crippen LogP contribution in [-0.2, 0) is 16.6 Å². The van der Waals surface area contributed by atoms with Gasteiger partial charge in [0.05, 0.1) is 11.4 Å². The Bertz CT molecular complexity index is 580. The van der Waals surface area contributed by atoms with Gasteiger partial charge in [0, 0.05) is 24.4 Å². The van der Waals surface area contributed by atoms with Crippen molar-refractivity contribution >= 4 is 21.8 Å². The van der Waals surface area contributed by atoms with E-state index in [4.69, 9.17) is 5.11 Å². The van der Waals surface area contributed by atoms with Gasteiger partial charge in [0.25, 0.3) is 0 Å². The molecule has 0 aliphatic rings. The SMILES string of the molecule is CSC(C)(C)CNS(=O)(=O)c1c(C)nn(CCCO)c1C. The highest BCUT2D eigenvalue weighted by Gasteiger charge is 2.27. The second-order valence-corrected chi connectivity index (χ2v) is 8.81. The van der Waals surface area contributed by atoms with Crippen LogP contribution in [0.3, 0.4) is 0 Å². The van der Waals surface area contributed by atoms with E-state index in [-0.39, 0.29) is 16.2 Å². The smallest absolute Gasteiger partial charge is 0.244 e. The Balaban J connectivity index is 3.01. The molecule has 1 aromatic rings. The van der Waals surface area contributed by atoms with Crippen molar-refractivity contribution in [2.75, 3.05) is 19.4 Å². The number of sulfonamides is 1. The summed E-state index contributed by atoms with van der Waals surface area (Å²) in [5.41, 5.74) is 1.09. The Morgan fingerprint density at radius 2 is 2.00 bits per heavy atom. The molecule has 0 fully saturated rings. The highest BCUT2D eigenvalue weighted by Crippen LogP contribution is 2.23. The fourth-order valence-corrected chi connectivity index (χ4v) is 3.85. The van der Waals surface area contributed by atoms with Gasteiger partial charge in [-0.25, -0.2) is 13.1 Å². The highest BCUT2D eigenvalue weighted by molar-refractivity contribution is 8.00. The van der Waals surface area contributed by atoms with Crippen molar-refractivity contribution in [1.29, 1.82) is 0 Å². The van der Waals surface area contributed by atoms with Crippen molar-refractivity contribution < 1.29 is 13.5 Å². The molecule has 0 bridgehead atoms. The molecule has 1 heterocycles. The molecule has 122 valence electrons. The first kappa shape index (κ1) is 18.5. The van der Waals surface area contributed by atoms with Crippen LogP contribution in [0.2, 0.25) is 0 Å². The summed E-state index contributed by atoms with van der Waals surface area (Å²) in [7, 11) is -3.58. The fourth-order valence-electron chi connectivity index (χ4n) is 1.92. The first-order chi connectivity index (χ1) is 9.64. The molecule has 2 N–H and O–H groups in total. The quantitative estimate of drug-likeness (QED) is 0.748. The molecule has 1 rings (SSSR count). The number of aliphatic hydroxyl groups is 1. The Morgan fingerprint density at radius 1 is 1.38 bits per heavy atom. The molecular weight excluding hydrogens is 310 g/mol. The maximum atomic E-state index is 12.5. The molecule has 0 unspecified atom stereocenters. The number of hydrogen-bond acceptors (Lipinski definition) is 5. The van der Waals surface area contributed by atoms with Gasteiger partial charge in [-0.15, -0.1) is 0 Å². The Morgan fingerprint density at radius 3 is 2.52 bits per heavy atom. The number of nitrogens with one attached hydrogen (secondary N) is 1. The summed E-state index contributed by atoms with van der Waals surface area (Å²) in [4.78, 5) is 0.248. The lowest BCUT2D eigenvalue weighted by Gasteiger charge is -2.22.